The van der Waals surface area contributed by atoms with Crippen LogP contribution in [0.3, 0.4) is 0 Å². The molecule has 1 aromatic heterocycles. The van der Waals surface area contributed by atoms with Crippen molar-refractivity contribution in [3.05, 3.63) is 102 Å². The molecule has 0 aliphatic carbocycles. The number of nitrogens with zero attached hydrogens (tertiary/aromatic N) is 2. The van der Waals surface area contributed by atoms with Crippen LogP contribution in [-0.4, -0.2) is 35.4 Å². The molecule has 0 radical (unpaired) electrons. The van der Waals surface area contributed by atoms with Gasteiger partial charge in [0.25, 0.3) is 0 Å². The second-order valence-corrected chi connectivity index (χ2v) is 8.86. The predicted molar refractivity (Wildman–Crippen MR) is 155 cm³/mol. The molecule has 2 aromatic rings. The molecule has 0 aliphatic heterocycles. The molecule has 0 fully saturated rings. The standard InChI is InChI=1S/C16H20.C15H24N4O/c1-4-15(11-10-14(2)3)12-13-16-8-6-5-7-9-16;1-4-8-19(9-5-2)15(20)11-18-12(3)13-6-7-17-14(16)10-13/h4-11H,1,12-13H2,2-3H3;6-7,10,18H,3-5,8-9,11H2,1-2H3,(H2,16,17)/b15-11+;. The molecule has 0 saturated heterocycles. The van der Waals surface area contributed by atoms with Crippen LogP contribution in [0.25, 0.3) is 5.70 Å². The SMILES string of the molecule is C=C(NCC(=O)N(CCC)CCC)c1ccnc(N)c1.C=C/C(=C\C=C(C)C)CCc1ccccc1. The van der Waals surface area contributed by atoms with Crippen LogP contribution in [0.4, 0.5) is 5.82 Å². The number of rotatable bonds is 13. The van der Waals surface area contributed by atoms with Crippen molar-refractivity contribution in [1.29, 1.82) is 0 Å². The van der Waals surface area contributed by atoms with Gasteiger partial charge in [0.05, 0.1) is 6.54 Å². The van der Waals surface area contributed by atoms with E-state index in [9.17, 15) is 4.79 Å². The third kappa shape index (κ3) is 12.7. The fourth-order valence-electron chi connectivity index (χ4n) is 3.39. The number of amides is 1. The van der Waals surface area contributed by atoms with Gasteiger partial charge in [0, 0.05) is 30.5 Å². The number of hydrogen-bond acceptors (Lipinski definition) is 4. The maximum absolute atomic E-state index is 12.1. The Morgan fingerprint density at radius 3 is 2.31 bits per heavy atom. The van der Waals surface area contributed by atoms with E-state index in [4.69, 9.17) is 5.73 Å². The molecule has 36 heavy (non-hydrogen) atoms. The molecule has 0 atom stereocenters. The Kier molecular flexibility index (Phi) is 15.0. The lowest BCUT2D eigenvalue weighted by atomic mass is 10.0. The molecule has 0 bridgehead atoms. The second kappa shape index (κ2) is 17.8. The van der Waals surface area contributed by atoms with Crippen LogP contribution in [0.15, 0.2) is 91.2 Å². The highest BCUT2D eigenvalue weighted by Crippen LogP contribution is 2.11. The third-order valence-corrected chi connectivity index (χ3v) is 5.36. The molecular formula is C31H44N4O. The summed E-state index contributed by atoms with van der Waals surface area (Å²) in [4.78, 5) is 17.9. The predicted octanol–water partition coefficient (Wildman–Crippen LogP) is 6.57. The zero-order chi connectivity index (χ0) is 26.8. The van der Waals surface area contributed by atoms with Crippen molar-refractivity contribution in [3.63, 3.8) is 0 Å². The average molecular weight is 489 g/mol. The highest BCUT2D eigenvalue weighted by atomic mass is 16.2. The Labute approximate surface area is 218 Å². The highest BCUT2D eigenvalue weighted by molar-refractivity contribution is 5.80. The van der Waals surface area contributed by atoms with Gasteiger partial charge in [0.15, 0.2) is 0 Å². The van der Waals surface area contributed by atoms with Crippen molar-refractivity contribution in [2.75, 3.05) is 25.4 Å². The summed E-state index contributed by atoms with van der Waals surface area (Å²) in [5.41, 5.74) is 11.2. The quantitative estimate of drug-likeness (QED) is 0.313. The van der Waals surface area contributed by atoms with Gasteiger partial charge in [-0.1, -0.05) is 81.1 Å². The van der Waals surface area contributed by atoms with E-state index in [-0.39, 0.29) is 12.5 Å². The number of nitrogens with two attached hydrogens (primary N) is 1. The number of hydrogen-bond donors (Lipinski definition) is 2. The highest BCUT2D eigenvalue weighted by Gasteiger charge is 2.11. The number of nitrogens with one attached hydrogen (secondary N) is 1. The fourth-order valence-corrected chi connectivity index (χ4v) is 3.39. The van der Waals surface area contributed by atoms with Gasteiger partial charge >= 0.3 is 0 Å². The number of aromatic nitrogens is 1. The molecule has 3 N–H and O–H groups in total. The first-order valence-electron chi connectivity index (χ1n) is 12.7. The number of pyridine rings is 1. The van der Waals surface area contributed by atoms with Crippen molar-refractivity contribution < 1.29 is 4.79 Å². The molecule has 0 spiro atoms. The van der Waals surface area contributed by atoms with Crippen LogP contribution in [0.5, 0.6) is 0 Å². The Hall–Kier alpha value is -3.60. The minimum atomic E-state index is 0.0943. The lowest BCUT2D eigenvalue weighted by molar-refractivity contribution is -0.130. The first kappa shape index (κ1) is 30.4. The van der Waals surface area contributed by atoms with Crippen LogP contribution in [0, 0.1) is 0 Å². The third-order valence-electron chi connectivity index (χ3n) is 5.36. The summed E-state index contributed by atoms with van der Waals surface area (Å²) in [5.74, 6) is 0.534. The molecule has 2 rings (SSSR count). The van der Waals surface area contributed by atoms with E-state index in [1.54, 1.807) is 12.3 Å². The van der Waals surface area contributed by atoms with Crippen LogP contribution in [-0.2, 0) is 11.2 Å². The molecule has 0 unspecified atom stereocenters. The van der Waals surface area contributed by atoms with Gasteiger partial charge in [0.1, 0.15) is 5.82 Å². The van der Waals surface area contributed by atoms with Crippen molar-refractivity contribution in [2.24, 2.45) is 0 Å². The lowest BCUT2D eigenvalue weighted by Crippen LogP contribution is -2.38. The molecule has 1 heterocycles. The molecule has 5 nitrogen and oxygen atoms in total. The zero-order valence-electron chi connectivity index (χ0n) is 22.6. The normalized spacial score (nSPS) is 10.5. The van der Waals surface area contributed by atoms with Gasteiger partial charge in [-0.25, -0.2) is 4.98 Å². The van der Waals surface area contributed by atoms with Gasteiger partial charge in [-0.05, 0) is 62.8 Å². The molecule has 5 heteroatoms. The van der Waals surface area contributed by atoms with Crippen LogP contribution >= 0.6 is 0 Å². The molecule has 1 aromatic carbocycles. The number of anilines is 1. The average Bonchev–Trinajstić information content (AvgIpc) is 2.88. The smallest absolute Gasteiger partial charge is 0.241 e. The molecule has 0 aliphatic rings. The first-order valence-corrected chi connectivity index (χ1v) is 12.7. The maximum Gasteiger partial charge on any atom is 0.241 e. The van der Waals surface area contributed by atoms with Crippen molar-refractivity contribution in [1.82, 2.24) is 15.2 Å². The summed E-state index contributed by atoms with van der Waals surface area (Å²) in [6.45, 7) is 18.0. The van der Waals surface area contributed by atoms with Crippen molar-refractivity contribution in [3.8, 4) is 0 Å². The Bertz CT molecular complexity index is 998. The number of allylic oxidation sites excluding steroid dienone is 5. The Morgan fingerprint density at radius 2 is 1.75 bits per heavy atom. The monoisotopic (exact) mass is 488 g/mol. The van der Waals surface area contributed by atoms with Crippen LogP contribution in [0.1, 0.15) is 58.1 Å². The van der Waals surface area contributed by atoms with E-state index in [0.717, 1.165) is 44.3 Å². The number of carbonyl (C=O) groups is 1. The fraction of sp³-hybridized carbons (Fsp3) is 0.355. The van der Waals surface area contributed by atoms with Crippen molar-refractivity contribution >= 4 is 17.4 Å². The van der Waals surface area contributed by atoms with Crippen LogP contribution in [0.2, 0.25) is 0 Å². The summed E-state index contributed by atoms with van der Waals surface area (Å²) in [7, 11) is 0. The summed E-state index contributed by atoms with van der Waals surface area (Å²) >= 11 is 0. The maximum atomic E-state index is 12.1. The van der Waals surface area contributed by atoms with E-state index >= 15 is 0 Å². The van der Waals surface area contributed by atoms with E-state index in [1.165, 1.54) is 16.7 Å². The zero-order valence-corrected chi connectivity index (χ0v) is 22.6. The Balaban J connectivity index is 0.000000369. The summed E-state index contributed by atoms with van der Waals surface area (Å²) in [6, 6.07) is 14.1. The van der Waals surface area contributed by atoms with E-state index in [1.807, 2.05) is 17.0 Å². The molecule has 0 saturated carbocycles. The minimum Gasteiger partial charge on any atom is -0.384 e. The summed E-state index contributed by atoms with van der Waals surface area (Å²) in [5, 5.41) is 3.05. The van der Waals surface area contributed by atoms with Crippen LogP contribution < -0.4 is 11.1 Å². The molecule has 194 valence electrons. The summed E-state index contributed by atoms with van der Waals surface area (Å²) < 4.78 is 0. The minimum absolute atomic E-state index is 0.0943. The second-order valence-electron chi connectivity index (χ2n) is 8.86. The number of benzene rings is 1. The molecular weight excluding hydrogens is 444 g/mol. The van der Waals surface area contributed by atoms with Gasteiger partial charge in [-0.2, -0.15) is 0 Å². The number of nitrogen functional groups attached to an aromatic ring is 1. The van der Waals surface area contributed by atoms with Gasteiger partial charge in [0.2, 0.25) is 5.91 Å². The van der Waals surface area contributed by atoms with E-state index in [0.29, 0.717) is 11.5 Å². The van der Waals surface area contributed by atoms with Gasteiger partial charge < -0.3 is 16.0 Å². The summed E-state index contributed by atoms with van der Waals surface area (Å²) in [6.07, 6.45) is 11.9. The lowest BCUT2D eigenvalue weighted by Gasteiger charge is -2.22. The number of aryl methyl sites for hydroxylation is 1. The van der Waals surface area contributed by atoms with E-state index < -0.39 is 0 Å². The van der Waals surface area contributed by atoms with Crippen molar-refractivity contribution in [2.45, 2.75) is 53.4 Å². The Morgan fingerprint density at radius 1 is 1.08 bits per heavy atom. The van der Waals surface area contributed by atoms with Gasteiger partial charge in [-0.15, -0.1) is 0 Å². The number of carbonyl (C=O) groups excluding carboxylic acids is 1. The van der Waals surface area contributed by atoms with Gasteiger partial charge in [-0.3, -0.25) is 4.79 Å². The first-order chi connectivity index (χ1) is 17.3. The molecule has 1 amide bonds. The largest absolute Gasteiger partial charge is 0.384 e. The van der Waals surface area contributed by atoms with E-state index in [2.05, 4.69) is 93.6 Å². The topological polar surface area (TPSA) is 71.2 Å².